The molecule has 1 rings (SSSR count). The zero-order valence-corrected chi connectivity index (χ0v) is 9.15. The van der Waals surface area contributed by atoms with E-state index in [1.807, 2.05) is 6.92 Å². The largest absolute Gasteiger partial charge is 0.396 e. The van der Waals surface area contributed by atoms with Gasteiger partial charge in [-0.2, -0.15) is 5.10 Å². The molecule has 0 amide bonds. The van der Waals surface area contributed by atoms with E-state index in [4.69, 9.17) is 5.11 Å². The van der Waals surface area contributed by atoms with Crippen molar-refractivity contribution in [2.75, 3.05) is 6.61 Å². The van der Waals surface area contributed by atoms with Gasteiger partial charge >= 0.3 is 0 Å². The quantitative estimate of drug-likeness (QED) is 0.715. The summed E-state index contributed by atoms with van der Waals surface area (Å²) in [5, 5.41) is 12.6. The van der Waals surface area contributed by atoms with Crippen molar-refractivity contribution in [3.63, 3.8) is 0 Å². The highest BCUT2D eigenvalue weighted by Gasteiger charge is 1.97. The van der Waals surface area contributed by atoms with Gasteiger partial charge in [0.15, 0.2) is 0 Å². The van der Waals surface area contributed by atoms with Crippen LogP contribution in [0, 0.1) is 6.92 Å². The summed E-state index contributed by atoms with van der Waals surface area (Å²) in [6.07, 6.45) is 5.53. The van der Waals surface area contributed by atoms with Gasteiger partial charge in [-0.3, -0.25) is 4.79 Å². The van der Waals surface area contributed by atoms with Gasteiger partial charge in [-0.1, -0.05) is 12.8 Å². The average molecular weight is 210 g/mol. The predicted octanol–water partition coefficient (Wildman–Crippen LogP) is 1.10. The van der Waals surface area contributed by atoms with Crippen molar-refractivity contribution in [2.24, 2.45) is 0 Å². The summed E-state index contributed by atoms with van der Waals surface area (Å²) in [6.45, 7) is 2.78. The number of hydrogen-bond donors (Lipinski definition) is 1. The second kappa shape index (κ2) is 6.35. The van der Waals surface area contributed by atoms with Crippen LogP contribution in [0.2, 0.25) is 0 Å². The van der Waals surface area contributed by atoms with Crippen LogP contribution in [0.5, 0.6) is 0 Å². The Morgan fingerprint density at radius 1 is 1.33 bits per heavy atom. The molecule has 1 aromatic rings. The number of aliphatic hydroxyl groups is 1. The molecule has 0 aliphatic rings. The maximum Gasteiger partial charge on any atom is 0.266 e. The Hall–Kier alpha value is -1.16. The molecule has 4 nitrogen and oxygen atoms in total. The van der Waals surface area contributed by atoms with Crippen LogP contribution in [0.1, 0.15) is 31.2 Å². The number of unbranched alkanes of at least 4 members (excludes halogenated alkanes) is 3. The van der Waals surface area contributed by atoms with Crippen molar-refractivity contribution < 1.29 is 5.11 Å². The average Bonchev–Trinajstić information content (AvgIpc) is 2.20. The van der Waals surface area contributed by atoms with Crippen LogP contribution in [-0.4, -0.2) is 21.5 Å². The van der Waals surface area contributed by atoms with Gasteiger partial charge in [0.1, 0.15) is 0 Å². The maximum atomic E-state index is 11.4. The number of nitrogens with zero attached hydrogens (tertiary/aromatic N) is 2. The van der Waals surface area contributed by atoms with E-state index in [0.717, 1.165) is 31.2 Å². The van der Waals surface area contributed by atoms with Crippen LogP contribution in [-0.2, 0) is 6.54 Å². The third-order valence-electron chi connectivity index (χ3n) is 2.28. The highest BCUT2D eigenvalue weighted by molar-refractivity contribution is 5.02. The third-order valence-corrected chi connectivity index (χ3v) is 2.28. The Morgan fingerprint density at radius 3 is 2.73 bits per heavy atom. The first kappa shape index (κ1) is 11.9. The van der Waals surface area contributed by atoms with Crippen LogP contribution < -0.4 is 5.56 Å². The van der Waals surface area contributed by atoms with Gasteiger partial charge in [0.05, 0.1) is 6.20 Å². The van der Waals surface area contributed by atoms with Crippen LogP contribution in [0.25, 0.3) is 0 Å². The molecule has 15 heavy (non-hydrogen) atoms. The molecular formula is C11H18N2O2. The molecule has 0 atom stereocenters. The van der Waals surface area contributed by atoms with Crippen molar-refractivity contribution in [3.05, 3.63) is 28.2 Å². The standard InChI is InChI=1S/C11H18N2O2/c1-10-8-11(15)13(12-9-10)6-4-2-3-5-7-14/h8-9,14H,2-7H2,1H3. The summed E-state index contributed by atoms with van der Waals surface area (Å²) in [5.74, 6) is 0. The normalized spacial score (nSPS) is 10.5. The number of aromatic nitrogens is 2. The molecular weight excluding hydrogens is 192 g/mol. The van der Waals surface area contributed by atoms with E-state index in [0.29, 0.717) is 6.54 Å². The summed E-state index contributed by atoms with van der Waals surface area (Å²) in [7, 11) is 0. The van der Waals surface area contributed by atoms with E-state index < -0.39 is 0 Å². The topological polar surface area (TPSA) is 55.1 Å². The lowest BCUT2D eigenvalue weighted by atomic mass is 10.2. The summed E-state index contributed by atoms with van der Waals surface area (Å²) >= 11 is 0. The molecule has 0 aliphatic heterocycles. The Balaban J connectivity index is 2.34. The monoisotopic (exact) mass is 210 g/mol. The Labute approximate surface area is 89.6 Å². The Kier molecular flexibility index (Phi) is 5.04. The van der Waals surface area contributed by atoms with Crippen LogP contribution in [0.4, 0.5) is 0 Å². The fourth-order valence-corrected chi connectivity index (χ4v) is 1.42. The minimum Gasteiger partial charge on any atom is -0.396 e. The highest BCUT2D eigenvalue weighted by Crippen LogP contribution is 2.00. The predicted molar refractivity (Wildman–Crippen MR) is 58.8 cm³/mol. The first-order chi connectivity index (χ1) is 7.24. The van der Waals surface area contributed by atoms with E-state index in [1.165, 1.54) is 4.68 Å². The third kappa shape index (κ3) is 4.25. The number of rotatable bonds is 6. The smallest absolute Gasteiger partial charge is 0.266 e. The summed E-state index contributed by atoms with van der Waals surface area (Å²) in [4.78, 5) is 11.4. The lowest BCUT2D eigenvalue weighted by Gasteiger charge is -2.03. The molecule has 0 saturated carbocycles. The van der Waals surface area contributed by atoms with E-state index in [9.17, 15) is 4.79 Å². The van der Waals surface area contributed by atoms with Crippen molar-refractivity contribution in [1.82, 2.24) is 9.78 Å². The lowest BCUT2D eigenvalue weighted by Crippen LogP contribution is -2.22. The van der Waals surface area contributed by atoms with Gasteiger partial charge in [-0.25, -0.2) is 4.68 Å². The number of aliphatic hydroxyl groups excluding tert-OH is 1. The zero-order chi connectivity index (χ0) is 11.1. The molecule has 0 spiro atoms. The first-order valence-electron chi connectivity index (χ1n) is 5.38. The molecule has 0 saturated heterocycles. The van der Waals surface area contributed by atoms with Gasteiger partial charge < -0.3 is 5.11 Å². The van der Waals surface area contributed by atoms with Gasteiger partial charge in [-0.15, -0.1) is 0 Å². The molecule has 0 unspecified atom stereocenters. The van der Waals surface area contributed by atoms with Crippen molar-refractivity contribution >= 4 is 0 Å². The van der Waals surface area contributed by atoms with E-state index in [2.05, 4.69) is 5.10 Å². The van der Waals surface area contributed by atoms with Crippen molar-refractivity contribution in [2.45, 2.75) is 39.2 Å². The maximum absolute atomic E-state index is 11.4. The van der Waals surface area contributed by atoms with E-state index in [1.54, 1.807) is 12.3 Å². The second-order valence-corrected chi connectivity index (χ2v) is 3.73. The second-order valence-electron chi connectivity index (χ2n) is 3.73. The molecule has 1 N–H and O–H groups in total. The number of hydrogen-bond acceptors (Lipinski definition) is 3. The molecule has 0 aliphatic carbocycles. The van der Waals surface area contributed by atoms with Crippen LogP contribution >= 0.6 is 0 Å². The minimum absolute atomic E-state index is 0.0304. The Bertz CT molecular complexity index is 347. The van der Waals surface area contributed by atoms with Crippen LogP contribution in [0.3, 0.4) is 0 Å². The fraction of sp³-hybridized carbons (Fsp3) is 0.636. The van der Waals surface area contributed by atoms with Crippen molar-refractivity contribution in [1.29, 1.82) is 0 Å². The van der Waals surface area contributed by atoms with Crippen molar-refractivity contribution in [3.8, 4) is 0 Å². The van der Waals surface area contributed by atoms with Gasteiger partial charge in [-0.05, 0) is 25.3 Å². The Morgan fingerprint density at radius 2 is 2.07 bits per heavy atom. The zero-order valence-electron chi connectivity index (χ0n) is 9.15. The van der Waals surface area contributed by atoms with Crippen LogP contribution in [0.15, 0.2) is 17.1 Å². The summed E-state index contributed by atoms with van der Waals surface area (Å²) in [5.41, 5.74) is 0.869. The molecule has 1 aromatic heterocycles. The van der Waals surface area contributed by atoms with Gasteiger partial charge in [0, 0.05) is 19.2 Å². The highest BCUT2D eigenvalue weighted by atomic mass is 16.2. The van der Waals surface area contributed by atoms with E-state index >= 15 is 0 Å². The lowest BCUT2D eigenvalue weighted by molar-refractivity contribution is 0.282. The molecule has 84 valence electrons. The SMILES string of the molecule is Cc1cnn(CCCCCCO)c(=O)c1. The first-order valence-corrected chi connectivity index (χ1v) is 5.38. The van der Waals surface area contributed by atoms with Gasteiger partial charge in [0.2, 0.25) is 0 Å². The molecule has 0 radical (unpaired) electrons. The fourth-order valence-electron chi connectivity index (χ4n) is 1.42. The number of aryl methyl sites for hydroxylation is 2. The van der Waals surface area contributed by atoms with Gasteiger partial charge in [0.25, 0.3) is 5.56 Å². The molecule has 4 heteroatoms. The molecule has 0 bridgehead atoms. The van der Waals surface area contributed by atoms with E-state index in [-0.39, 0.29) is 12.2 Å². The summed E-state index contributed by atoms with van der Waals surface area (Å²) < 4.78 is 1.49. The molecule has 0 fully saturated rings. The summed E-state index contributed by atoms with van der Waals surface area (Å²) in [6, 6.07) is 1.60. The molecule has 0 aromatic carbocycles. The molecule has 1 heterocycles. The minimum atomic E-state index is -0.0304.